The van der Waals surface area contributed by atoms with E-state index >= 15 is 0 Å². The third kappa shape index (κ3) is 5.62. The van der Waals surface area contributed by atoms with Crippen molar-refractivity contribution in [2.45, 2.75) is 38.4 Å². The number of benzene rings is 2. The first-order valence-electron chi connectivity index (χ1n) is 11.6. The molecule has 0 saturated carbocycles. The number of hydrogen-bond donors (Lipinski definition) is 1. The van der Waals surface area contributed by atoms with E-state index in [1.165, 1.54) is 4.31 Å². The highest BCUT2D eigenvalue weighted by Crippen LogP contribution is 2.25. The summed E-state index contributed by atoms with van der Waals surface area (Å²) in [7, 11) is -3.43. The van der Waals surface area contributed by atoms with Crippen LogP contribution in [0.25, 0.3) is 0 Å². The fraction of sp³-hybridized carbons (Fsp3) is 0.440. The van der Waals surface area contributed by atoms with E-state index in [0.29, 0.717) is 37.2 Å². The molecule has 2 aromatic rings. The second-order valence-electron chi connectivity index (χ2n) is 8.95. The van der Waals surface area contributed by atoms with Crippen LogP contribution in [0.5, 0.6) is 0 Å². The molecule has 1 N–H and O–H groups in total. The van der Waals surface area contributed by atoms with E-state index in [-0.39, 0.29) is 23.5 Å². The van der Waals surface area contributed by atoms with Gasteiger partial charge in [0.15, 0.2) is 0 Å². The molecule has 176 valence electrons. The SMILES string of the molecule is Cc1ccc(CS(=O)(=O)N2CCC(C(=O)Nc3ccccc3C(=O)N3CCCC3)CC2)cc1. The van der Waals surface area contributed by atoms with E-state index in [0.717, 1.165) is 37.1 Å². The lowest BCUT2D eigenvalue weighted by atomic mass is 9.97. The molecule has 2 saturated heterocycles. The van der Waals surface area contributed by atoms with Crippen LogP contribution in [0.4, 0.5) is 5.69 Å². The first-order valence-corrected chi connectivity index (χ1v) is 13.2. The Balaban J connectivity index is 1.35. The number of carbonyl (C=O) groups is 2. The van der Waals surface area contributed by atoms with Gasteiger partial charge in [0, 0.05) is 32.1 Å². The van der Waals surface area contributed by atoms with Gasteiger partial charge in [-0.25, -0.2) is 12.7 Å². The smallest absolute Gasteiger partial charge is 0.255 e. The normalized spacial score (nSPS) is 17.8. The van der Waals surface area contributed by atoms with Crippen LogP contribution < -0.4 is 5.32 Å². The molecule has 0 atom stereocenters. The maximum Gasteiger partial charge on any atom is 0.255 e. The van der Waals surface area contributed by atoms with Crippen LogP contribution in [0.2, 0.25) is 0 Å². The molecule has 0 aromatic heterocycles. The van der Waals surface area contributed by atoms with Crippen molar-refractivity contribution >= 4 is 27.5 Å². The van der Waals surface area contributed by atoms with Gasteiger partial charge in [-0.3, -0.25) is 9.59 Å². The zero-order valence-electron chi connectivity index (χ0n) is 19.0. The van der Waals surface area contributed by atoms with Gasteiger partial charge in [0.1, 0.15) is 0 Å². The highest BCUT2D eigenvalue weighted by molar-refractivity contribution is 7.88. The number of amides is 2. The Labute approximate surface area is 195 Å². The van der Waals surface area contributed by atoms with Crippen molar-refractivity contribution in [3.05, 3.63) is 65.2 Å². The second-order valence-corrected chi connectivity index (χ2v) is 10.9. The van der Waals surface area contributed by atoms with Gasteiger partial charge in [-0.1, -0.05) is 42.0 Å². The average molecular weight is 470 g/mol. The third-order valence-electron chi connectivity index (χ3n) is 6.50. The summed E-state index contributed by atoms with van der Waals surface area (Å²) in [4.78, 5) is 27.6. The number of hydrogen-bond acceptors (Lipinski definition) is 4. The average Bonchev–Trinajstić information content (AvgIpc) is 3.35. The van der Waals surface area contributed by atoms with Crippen LogP contribution in [0, 0.1) is 12.8 Å². The van der Waals surface area contributed by atoms with Crippen molar-refractivity contribution < 1.29 is 18.0 Å². The molecule has 0 unspecified atom stereocenters. The van der Waals surface area contributed by atoms with E-state index < -0.39 is 10.0 Å². The number of aryl methyl sites for hydroxylation is 1. The van der Waals surface area contributed by atoms with Gasteiger partial charge in [-0.15, -0.1) is 0 Å². The molecule has 0 spiro atoms. The summed E-state index contributed by atoms with van der Waals surface area (Å²) in [6.45, 7) is 4.10. The Morgan fingerprint density at radius 3 is 2.24 bits per heavy atom. The number of sulfonamides is 1. The van der Waals surface area contributed by atoms with E-state index in [4.69, 9.17) is 0 Å². The number of para-hydroxylation sites is 1. The number of nitrogens with one attached hydrogen (secondary N) is 1. The zero-order chi connectivity index (χ0) is 23.4. The predicted molar refractivity (Wildman–Crippen MR) is 128 cm³/mol. The predicted octanol–water partition coefficient (Wildman–Crippen LogP) is 3.41. The van der Waals surface area contributed by atoms with Gasteiger partial charge < -0.3 is 10.2 Å². The number of anilines is 1. The molecule has 7 nitrogen and oxygen atoms in total. The summed E-state index contributed by atoms with van der Waals surface area (Å²) >= 11 is 0. The lowest BCUT2D eigenvalue weighted by Gasteiger charge is -2.30. The Hall–Kier alpha value is -2.71. The Morgan fingerprint density at radius 2 is 1.58 bits per heavy atom. The molecule has 2 aromatic carbocycles. The standard InChI is InChI=1S/C25H31N3O4S/c1-19-8-10-20(11-9-19)18-33(31,32)28-16-12-21(13-17-28)24(29)26-23-7-3-2-6-22(23)25(30)27-14-4-5-15-27/h2-3,6-11,21H,4-5,12-18H2,1H3,(H,26,29). The minimum Gasteiger partial charge on any atom is -0.339 e. The number of nitrogens with zero attached hydrogens (tertiary/aromatic N) is 2. The summed E-state index contributed by atoms with van der Waals surface area (Å²) in [6, 6.07) is 14.6. The molecule has 8 heteroatoms. The topological polar surface area (TPSA) is 86.8 Å². The lowest BCUT2D eigenvalue weighted by Crippen LogP contribution is -2.42. The van der Waals surface area contributed by atoms with Crippen LogP contribution in [0.3, 0.4) is 0 Å². The van der Waals surface area contributed by atoms with Crippen molar-refractivity contribution in [1.82, 2.24) is 9.21 Å². The quantitative estimate of drug-likeness (QED) is 0.702. The van der Waals surface area contributed by atoms with E-state index in [1.54, 1.807) is 24.3 Å². The van der Waals surface area contributed by atoms with Crippen molar-refractivity contribution in [2.24, 2.45) is 5.92 Å². The van der Waals surface area contributed by atoms with Crippen molar-refractivity contribution in [2.75, 3.05) is 31.5 Å². The molecule has 2 aliphatic rings. The maximum absolute atomic E-state index is 12.9. The van der Waals surface area contributed by atoms with E-state index in [9.17, 15) is 18.0 Å². The molecular formula is C25H31N3O4S. The van der Waals surface area contributed by atoms with E-state index in [1.807, 2.05) is 36.1 Å². The second kappa shape index (κ2) is 10.1. The first kappa shape index (κ1) is 23.4. The molecule has 0 radical (unpaired) electrons. The van der Waals surface area contributed by atoms with Gasteiger partial charge in [-0.05, 0) is 50.3 Å². The minimum atomic E-state index is -3.43. The molecule has 2 aliphatic heterocycles. The maximum atomic E-state index is 12.9. The molecule has 0 bridgehead atoms. The van der Waals surface area contributed by atoms with Gasteiger partial charge in [0.25, 0.3) is 5.91 Å². The van der Waals surface area contributed by atoms with Crippen molar-refractivity contribution in [3.8, 4) is 0 Å². The monoisotopic (exact) mass is 469 g/mol. The fourth-order valence-electron chi connectivity index (χ4n) is 4.49. The van der Waals surface area contributed by atoms with Gasteiger partial charge >= 0.3 is 0 Å². The van der Waals surface area contributed by atoms with Crippen LogP contribution in [-0.2, 0) is 20.6 Å². The van der Waals surface area contributed by atoms with Gasteiger partial charge in [-0.2, -0.15) is 0 Å². The molecule has 2 amide bonds. The summed E-state index contributed by atoms with van der Waals surface area (Å²) in [5.74, 6) is -0.533. The highest BCUT2D eigenvalue weighted by atomic mass is 32.2. The minimum absolute atomic E-state index is 0.0316. The molecule has 2 heterocycles. The van der Waals surface area contributed by atoms with Gasteiger partial charge in [0.2, 0.25) is 15.9 Å². The van der Waals surface area contributed by atoms with Crippen LogP contribution >= 0.6 is 0 Å². The fourth-order valence-corrected chi connectivity index (χ4v) is 6.05. The molecule has 4 rings (SSSR count). The molecule has 0 aliphatic carbocycles. The first-order chi connectivity index (χ1) is 15.8. The number of rotatable bonds is 6. The zero-order valence-corrected chi connectivity index (χ0v) is 19.8. The van der Waals surface area contributed by atoms with Crippen LogP contribution in [0.15, 0.2) is 48.5 Å². The molecule has 2 fully saturated rings. The van der Waals surface area contributed by atoms with Crippen molar-refractivity contribution in [1.29, 1.82) is 0 Å². The van der Waals surface area contributed by atoms with Gasteiger partial charge in [0.05, 0.1) is 17.0 Å². The Bertz CT molecular complexity index is 1100. The number of likely N-dealkylation sites (tertiary alicyclic amines) is 1. The summed E-state index contributed by atoms with van der Waals surface area (Å²) in [6.07, 6.45) is 2.93. The molecular weight excluding hydrogens is 438 g/mol. The number of piperidine rings is 1. The largest absolute Gasteiger partial charge is 0.339 e. The Kier molecular flexibility index (Phi) is 7.14. The van der Waals surface area contributed by atoms with E-state index in [2.05, 4.69) is 5.32 Å². The highest BCUT2D eigenvalue weighted by Gasteiger charge is 2.32. The van der Waals surface area contributed by atoms with Crippen LogP contribution in [-0.4, -0.2) is 55.6 Å². The summed E-state index contributed by atoms with van der Waals surface area (Å²) < 4.78 is 27.2. The lowest BCUT2D eigenvalue weighted by molar-refractivity contribution is -0.120. The Morgan fingerprint density at radius 1 is 0.939 bits per heavy atom. The molecule has 33 heavy (non-hydrogen) atoms. The third-order valence-corrected chi connectivity index (χ3v) is 8.35. The summed E-state index contributed by atoms with van der Waals surface area (Å²) in [5, 5.41) is 2.93. The number of carbonyl (C=O) groups excluding carboxylic acids is 2. The van der Waals surface area contributed by atoms with Crippen molar-refractivity contribution in [3.63, 3.8) is 0 Å². The van der Waals surface area contributed by atoms with Crippen LogP contribution in [0.1, 0.15) is 47.2 Å². The summed E-state index contributed by atoms with van der Waals surface area (Å²) in [5.41, 5.74) is 2.88.